The summed E-state index contributed by atoms with van der Waals surface area (Å²) in [5.74, 6) is -0.735. The van der Waals surface area contributed by atoms with Crippen LogP contribution in [0.15, 0.2) is 52.2 Å². The minimum atomic E-state index is -0.619. The van der Waals surface area contributed by atoms with Crippen molar-refractivity contribution in [3.63, 3.8) is 0 Å². The number of amides is 1. The standard InChI is InChI=1S/C21H17ClN8O5/c1-11-17(30(29-25-11)19-18(23)27-35-28-19)20(31)26-24-10-12-3-8-15(16(9-12)33-2)34-21(32)13-4-6-14(22)7-5-13/h3-10H,1-2H3,(H2,23,27)(H,26,31). The van der Waals surface area contributed by atoms with Crippen LogP contribution in [-0.4, -0.2) is 50.5 Å². The Hall–Kier alpha value is -4.78. The molecule has 14 heteroatoms. The number of nitrogens with zero attached hydrogens (tertiary/aromatic N) is 6. The lowest BCUT2D eigenvalue weighted by Crippen LogP contribution is -2.22. The predicted molar refractivity (Wildman–Crippen MR) is 123 cm³/mol. The van der Waals surface area contributed by atoms with Crippen molar-refractivity contribution in [1.82, 2.24) is 30.7 Å². The predicted octanol–water partition coefficient (Wildman–Crippen LogP) is 2.19. The molecular weight excluding hydrogens is 480 g/mol. The average molecular weight is 497 g/mol. The first-order valence-corrected chi connectivity index (χ1v) is 10.2. The number of anilines is 1. The van der Waals surface area contributed by atoms with Crippen molar-refractivity contribution in [3.8, 4) is 17.3 Å². The molecule has 0 aliphatic heterocycles. The summed E-state index contributed by atoms with van der Waals surface area (Å²) >= 11 is 5.84. The molecule has 0 unspecified atom stereocenters. The van der Waals surface area contributed by atoms with Gasteiger partial charge in [-0.25, -0.2) is 14.8 Å². The molecule has 2 heterocycles. The highest BCUT2D eigenvalue weighted by atomic mass is 35.5. The molecule has 0 saturated heterocycles. The summed E-state index contributed by atoms with van der Waals surface area (Å²) in [7, 11) is 1.43. The number of nitrogens with one attached hydrogen (secondary N) is 1. The first-order chi connectivity index (χ1) is 16.9. The molecule has 178 valence electrons. The molecular formula is C21H17ClN8O5. The number of halogens is 1. The van der Waals surface area contributed by atoms with Gasteiger partial charge < -0.3 is 15.2 Å². The number of esters is 1. The molecule has 0 atom stereocenters. The van der Waals surface area contributed by atoms with Gasteiger partial charge in [-0.3, -0.25) is 4.79 Å². The molecule has 0 saturated carbocycles. The van der Waals surface area contributed by atoms with E-state index in [9.17, 15) is 9.59 Å². The van der Waals surface area contributed by atoms with E-state index in [1.165, 1.54) is 13.3 Å². The molecule has 1 amide bonds. The van der Waals surface area contributed by atoms with Crippen LogP contribution in [0.1, 0.15) is 32.1 Å². The zero-order valence-corrected chi connectivity index (χ0v) is 19.1. The van der Waals surface area contributed by atoms with Crippen LogP contribution >= 0.6 is 11.6 Å². The van der Waals surface area contributed by atoms with Crippen molar-refractivity contribution in [2.75, 3.05) is 12.8 Å². The van der Waals surface area contributed by atoms with Crippen molar-refractivity contribution < 1.29 is 23.7 Å². The summed E-state index contributed by atoms with van der Waals surface area (Å²) < 4.78 is 16.4. The molecule has 35 heavy (non-hydrogen) atoms. The van der Waals surface area contributed by atoms with Gasteiger partial charge in [-0.15, -0.1) is 5.10 Å². The van der Waals surface area contributed by atoms with Gasteiger partial charge >= 0.3 is 5.97 Å². The fraction of sp³-hybridized carbons (Fsp3) is 0.0952. The van der Waals surface area contributed by atoms with Crippen LogP contribution in [-0.2, 0) is 0 Å². The van der Waals surface area contributed by atoms with E-state index in [4.69, 9.17) is 26.8 Å². The lowest BCUT2D eigenvalue weighted by Gasteiger charge is -2.10. The molecule has 2 aromatic heterocycles. The van der Waals surface area contributed by atoms with Crippen molar-refractivity contribution in [2.24, 2.45) is 5.10 Å². The Bertz CT molecular complexity index is 1410. The monoisotopic (exact) mass is 496 g/mol. The number of hydrogen-bond acceptors (Lipinski definition) is 11. The van der Waals surface area contributed by atoms with E-state index in [-0.39, 0.29) is 28.8 Å². The molecule has 3 N–H and O–H groups in total. The third-order valence-electron chi connectivity index (χ3n) is 4.60. The SMILES string of the molecule is COc1cc(C=NNC(=O)c2c(C)nnn2-c2nonc2N)ccc1OC(=O)c1ccc(Cl)cc1. The van der Waals surface area contributed by atoms with Gasteiger partial charge in [0.25, 0.3) is 5.91 Å². The molecule has 0 bridgehead atoms. The lowest BCUT2D eigenvalue weighted by molar-refractivity contribution is 0.0729. The molecule has 0 radical (unpaired) electrons. The van der Waals surface area contributed by atoms with E-state index in [1.807, 2.05) is 0 Å². The van der Waals surface area contributed by atoms with Crippen molar-refractivity contribution in [2.45, 2.75) is 6.92 Å². The lowest BCUT2D eigenvalue weighted by atomic mass is 10.2. The van der Waals surface area contributed by atoms with Crippen LogP contribution in [0.2, 0.25) is 5.02 Å². The molecule has 4 aromatic rings. The van der Waals surface area contributed by atoms with Gasteiger partial charge in [0.2, 0.25) is 11.6 Å². The fourth-order valence-corrected chi connectivity index (χ4v) is 3.04. The average Bonchev–Trinajstić information content (AvgIpc) is 3.44. The third kappa shape index (κ3) is 5.09. The van der Waals surface area contributed by atoms with Gasteiger partial charge in [-0.2, -0.15) is 9.78 Å². The van der Waals surface area contributed by atoms with Gasteiger partial charge in [0.15, 0.2) is 17.2 Å². The van der Waals surface area contributed by atoms with Crippen LogP contribution in [0.4, 0.5) is 5.82 Å². The topological polar surface area (TPSA) is 173 Å². The van der Waals surface area contributed by atoms with Crippen molar-refractivity contribution >= 4 is 35.5 Å². The summed E-state index contributed by atoms with van der Waals surface area (Å²) in [6.45, 7) is 1.58. The summed E-state index contributed by atoms with van der Waals surface area (Å²) in [4.78, 5) is 25.0. The van der Waals surface area contributed by atoms with Crippen LogP contribution in [0, 0.1) is 6.92 Å². The highest BCUT2D eigenvalue weighted by Crippen LogP contribution is 2.28. The number of methoxy groups -OCH3 is 1. The second-order valence-electron chi connectivity index (χ2n) is 6.91. The number of hydrazone groups is 1. The highest BCUT2D eigenvalue weighted by Gasteiger charge is 2.22. The molecule has 13 nitrogen and oxygen atoms in total. The number of nitrogens with two attached hydrogens (primary N) is 1. The summed E-state index contributed by atoms with van der Waals surface area (Å²) in [6, 6.07) is 11.0. The molecule has 2 aromatic carbocycles. The van der Waals surface area contributed by atoms with E-state index in [0.717, 1.165) is 4.68 Å². The van der Waals surface area contributed by atoms with E-state index in [0.29, 0.717) is 21.8 Å². The second-order valence-corrected chi connectivity index (χ2v) is 7.35. The van der Waals surface area contributed by atoms with Gasteiger partial charge in [0.1, 0.15) is 0 Å². The number of ether oxygens (including phenoxy) is 2. The van der Waals surface area contributed by atoms with Crippen LogP contribution in [0.3, 0.4) is 0 Å². The Morgan fingerprint density at radius 3 is 2.63 bits per heavy atom. The maximum atomic E-state index is 12.7. The maximum absolute atomic E-state index is 12.7. The number of aromatic nitrogens is 5. The maximum Gasteiger partial charge on any atom is 0.343 e. The summed E-state index contributed by atoms with van der Waals surface area (Å²) in [5.41, 5.74) is 9.30. The quantitative estimate of drug-likeness (QED) is 0.167. The molecule has 0 spiro atoms. The molecule has 0 aliphatic carbocycles. The Labute approximate surface area is 202 Å². The number of carbonyl (C=O) groups is 2. The first kappa shape index (κ1) is 23.4. The number of benzene rings is 2. The smallest absolute Gasteiger partial charge is 0.343 e. The number of hydrogen-bond donors (Lipinski definition) is 2. The normalized spacial score (nSPS) is 10.9. The zero-order valence-electron chi connectivity index (χ0n) is 18.3. The zero-order chi connectivity index (χ0) is 24.9. The van der Waals surface area contributed by atoms with Crippen LogP contribution < -0.4 is 20.6 Å². The summed E-state index contributed by atoms with van der Waals surface area (Å²) in [5, 5.41) is 19.2. The van der Waals surface area contributed by atoms with E-state index >= 15 is 0 Å². The first-order valence-electron chi connectivity index (χ1n) is 9.87. The second kappa shape index (κ2) is 10.0. The summed E-state index contributed by atoms with van der Waals surface area (Å²) in [6.07, 6.45) is 1.38. The largest absolute Gasteiger partial charge is 0.493 e. The van der Waals surface area contributed by atoms with Gasteiger partial charge in [0, 0.05) is 5.02 Å². The van der Waals surface area contributed by atoms with Crippen LogP contribution in [0.5, 0.6) is 11.5 Å². The third-order valence-corrected chi connectivity index (χ3v) is 4.85. The van der Waals surface area contributed by atoms with Gasteiger partial charge in [-0.05, 0) is 65.3 Å². The Kier molecular flexibility index (Phi) is 6.69. The van der Waals surface area contributed by atoms with Gasteiger partial charge in [0.05, 0.1) is 24.6 Å². The molecule has 4 rings (SSSR count). The molecule has 0 fully saturated rings. The van der Waals surface area contributed by atoms with E-state index < -0.39 is 11.9 Å². The minimum Gasteiger partial charge on any atom is -0.493 e. The Morgan fingerprint density at radius 2 is 1.94 bits per heavy atom. The van der Waals surface area contributed by atoms with Crippen molar-refractivity contribution in [3.05, 3.63) is 70.0 Å². The number of rotatable bonds is 7. The fourth-order valence-electron chi connectivity index (χ4n) is 2.92. The van der Waals surface area contributed by atoms with Gasteiger partial charge in [-0.1, -0.05) is 16.8 Å². The minimum absolute atomic E-state index is 0.0215. The number of aryl methyl sites for hydroxylation is 1. The number of nitrogen functional groups attached to an aromatic ring is 1. The molecule has 0 aliphatic rings. The highest BCUT2D eigenvalue weighted by molar-refractivity contribution is 6.30. The Morgan fingerprint density at radius 1 is 1.17 bits per heavy atom. The van der Waals surface area contributed by atoms with Crippen molar-refractivity contribution in [1.29, 1.82) is 0 Å². The number of carbonyl (C=O) groups excluding carboxylic acids is 2. The van der Waals surface area contributed by atoms with E-state index in [2.05, 4.69) is 35.8 Å². The Balaban J connectivity index is 1.46. The van der Waals surface area contributed by atoms with Crippen LogP contribution in [0.25, 0.3) is 5.82 Å². The van der Waals surface area contributed by atoms with E-state index in [1.54, 1.807) is 49.4 Å².